The minimum atomic E-state index is -1.42. The molecule has 24 heavy (non-hydrogen) atoms. The van der Waals surface area contributed by atoms with Gasteiger partial charge in [0.15, 0.2) is 0 Å². The molecule has 0 radical (unpaired) electrons. The standard InChI is InChI=1S/C18H13ClO5/c1-10(20)24-18-16(21)13-3-2-4-14(15(13)17(18)22)23-9-11-5-7-12(19)8-6-11/h2-8,18H,9H2,1H3. The smallest absolute Gasteiger partial charge is 0.303 e. The highest BCUT2D eigenvalue weighted by Crippen LogP contribution is 2.32. The predicted molar refractivity (Wildman–Crippen MR) is 86.4 cm³/mol. The van der Waals surface area contributed by atoms with Crippen molar-refractivity contribution in [2.75, 3.05) is 0 Å². The molecule has 2 aromatic rings. The Morgan fingerprint density at radius 1 is 1.08 bits per heavy atom. The van der Waals surface area contributed by atoms with Gasteiger partial charge in [-0.05, 0) is 23.8 Å². The first-order valence-corrected chi connectivity index (χ1v) is 7.61. The predicted octanol–water partition coefficient (Wildman–Crippen LogP) is 3.23. The maximum Gasteiger partial charge on any atom is 0.303 e. The number of carbonyl (C=O) groups is 3. The quantitative estimate of drug-likeness (QED) is 0.629. The Morgan fingerprint density at radius 2 is 1.79 bits per heavy atom. The molecule has 0 aliphatic heterocycles. The average Bonchev–Trinajstić information content (AvgIpc) is 2.79. The Balaban J connectivity index is 1.85. The monoisotopic (exact) mass is 344 g/mol. The molecule has 6 heteroatoms. The van der Waals surface area contributed by atoms with Gasteiger partial charge in [0.2, 0.25) is 17.7 Å². The van der Waals surface area contributed by atoms with Gasteiger partial charge in [0.1, 0.15) is 12.4 Å². The lowest BCUT2D eigenvalue weighted by Crippen LogP contribution is -2.27. The molecule has 0 saturated carbocycles. The van der Waals surface area contributed by atoms with Crippen LogP contribution in [0.2, 0.25) is 5.02 Å². The van der Waals surface area contributed by atoms with Crippen molar-refractivity contribution in [3.63, 3.8) is 0 Å². The van der Waals surface area contributed by atoms with Gasteiger partial charge in [-0.15, -0.1) is 0 Å². The van der Waals surface area contributed by atoms with Gasteiger partial charge in [-0.1, -0.05) is 35.9 Å². The van der Waals surface area contributed by atoms with E-state index in [0.29, 0.717) is 5.02 Å². The Labute approximate surface area is 143 Å². The maximum absolute atomic E-state index is 12.4. The summed E-state index contributed by atoms with van der Waals surface area (Å²) in [5.74, 6) is -1.48. The van der Waals surface area contributed by atoms with Crippen LogP contribution < -0.4 is 4.74 Å². The Morgan fingerprint density at radius 3 is 2.46 bits per heavy atom. The molecule has 0 amide bonds. The molecule has 1 atom stereocenters. The molecule has 1 unspecified atom stereocenters. The van der Waals surface area contributed by atoms with Crippen molar-refractivity contribution in [2.24, 2.45) is 0 Å². The number of fused-ring (bicyclic) bond motifs is 1. The van der Waals surface area contributed by atoms with Gasteiger partial charge in [-0.3, -0.25) is 14.4 Å². The molecule has 0 heterocycles. The zero-order valence-corrected chi connectivity index (χ0v) is 13.5. The number of esters is 1. The van der Waals surface area contributed by atoms with Crippen molar-refractivity contribution in [2.45, 2.75) is 19.6 Å². The molecule has 0 saturated heterocycles. The molecule has 122 valence electrons. The summed E-state index contributed by atoms with van der Waals surface area (Å²) in [7, 11) is 0. The lowest BCUT2D eigenvalue weighted by Gasteiger charge is -2.10. The third kappa shape index (κ3) is 3.03. The Kier molecular flexibility index (Phi) is 4.36. The number of hydrogen-bond donors (Lipinski definition) is 0. The zero-order chi connectivity index (χ0) is 17.3. The highest BCUT2D eigenvalue weighted by Gasteiger charge is 2.43. The average molecular weight is 345 g/mol. The van der Waals surface area contributed by atoms with Crippen LogP contribution in [0.15, 0.2) is 42.5 Å². The first kappa shape index (κ1) is 16.2. The Bertz CT molecular complexity index is 826. The summed E-state index contributed by atoms with van der Waals surface area (Å²) in [5, 5.41) is 0.615. The zero-order valence-electron chi connectivity index (χ0n) is 12.7. The van der Waals surface area contributed by atoms with E-state index in [1.54, 1.807) is 36.4 Å². The van der Waals surface area contributed by atoms with E-state index in [-0.39, 0.29) is 23.5 Å². The lowest BCUT2D eigenvalue weighted by molar-refractivity contribution is -0.142. The third-order valence-corrected chi connectivity index (χ3v) is 3.86. The van der Waals surface area contributed by atoms with Crippen molar-refractivity contribution in [1.29, 1.82) is 0 Å². The molecule has 2 aromatic carbocycles. The van der Waals surface area contributed by atoms with E-state index in [4.69, 9.17) is 21.1 Å². The summed E-state index contributed by atoms with van der Waals surface area (Å²) >= 11 is 5.83. The molecule has 0 N–H and O–H groups in total. The van der Waals surface area contributed by atoms with Crippen LogP contribution in [-0.2, 0) is 16.1 Å². The second-order valence-electron chi connectivity index (χ2n) is 5.31. The summed E-state index contributed by atoms with van der Waals surface area (Å²) in [4.78, 5) is 35.8. The molecule has 1 aliphatic carbocycles. The Hall–Kier alpha value is -2.66. The van der Waals surface area contributed by atoms with Gasteiger partial charge in [0, 0.05) is 17.5 Å². The molecule has 0 aromatic heterocycles. The molecule has 0 bridgehead atoms. The minimum absolute atomic E-state index is 0.155. The van der Waals surface area contributed by atoms with Crippen molar-refractivity contribution in [3.05, 3.63) is 64.2 Å². The van der Waals surface area contributed by atoms with Crippen LogP contribution in [0.4, 0.5) is 0 Å². The van der Waals surface area contributed by atoms with Crippen molar-refractivity contribution in [3.8, 4) is 5.75 Å². The van der Waals surface area contributed by atoms with E-state index < -0.39 is 23.6 Å². The van der Waals surface area contributed by atoms with Crippen LogP contribution >= 0.6 is 11.6 Å². The molecular formula is C18H13ClO5. The van der Waals surface area contributed by atoms with E-state index in [0.717, 1.165) is 12.5 Å². The van der Waals surface area contributed by atoms with Crippen molar-refractivity contribution < 1.29 is 23.9 Å². The summed E-state index contributed by atoms with van der Waals surface area (Å²) in [5.41, 5.74) is 1.23. The number of hydrogen-bond acceptors (Lipinski definition) is 5. The van der Waals surface area contributed by atoms with E-state index in [2.05, 4.69) is 0 Å². The number of ether oxygens (including phenoxy) is 2. The summed E-state index contributed by atoms with van der Waals surface area (Å²) in [6.07, 6.45) is -1.42. The van der Waals surface area contributed by atoms with Crippen molar-refractivity contribution >= 4 is 29.1 Å². The van der Waals surface area contributed by atoms with Gasteiger partial charge >= 0.3 is 5.97 Å². The number of ketones is 2. The summed E-state index contributed by atoms with van der Waals surface area (Å²) in [6.45, 7) is 1.37. The van der Waals surface area contributed by atoms with Gasteiger partial charge in [-0.25, -0.2) is 0 Å². The first-order valence-electron chi connectivity index (χ1n) is 7.23. The van der Waals surface area contributed by atoms with Crippen LogP contribution in [0.3, 0.4) is 0 Å². The summed E-state index contributed by atoms with van der Waals surface area (Å²) < 4.78 is 10.5. The number of halogens is 1. The molecule has 1 aliphatic rings. The summed E-state index contributed by atoms with van der Waals surface area (Å²) in [6, 6.07) is 11.8. The molecule has 3 rings (SSSR count). The number of Topliss-reactive ketones (excluding diaryl/α,β-unsaturated/α-hetero) is 2. The van der Waals surface area contributed by atoms with Crippen LogP contribution in [0.5, 0.6) is 5.75 Å². The molecule has 0 spiro atoms. The fraction of sp³-hybridized carbons (Fsp3) is 0.167. The highest BCUT2D eigenvalue weighted by atomic mass is 35.5. The fourth-order valence-corrected chi connectivity index (χ4v) is 2.64. The first-order chi connectivity index (χ1) is 11.5. The SMILES string of the molecule is CC(=O)OC1C(=O)c2cccc(OCc3ccc(Cl)cc3)c2C1=O. The van der Waals surface area contributed by atoms with Gasteiger partial charge in [0.25, 0.3) is 0 Å². The molecule has 0 fully saturated rings. The van der Waals surface area contributed by atoms with Crippen LogP contribution in [0.1, 0.15) is 33.2 Å². The van der Waals surface area contributed by atoms with E-state index in [1.807, 2.05) is 0 Å². The normalized spacial score (nSPS) is 16.0. The topological polar surface area (TPSA) is 69.7 Å². The van der Waals surface area contributed by atoms with Gasteiger partial charge < -0.3 is 9.47 Å². The lowest BCUT2D eigenvalue weighted by atomic mass is 10.1. The maximum atomic E-state index is 12.4. The second kappa shape index (κ2) is 6.45. The van der Waals surface area contributed by atoms with Crippen LogP contribution in [0, 0.1) is 0 Å². The van der Waals surface area contributed by atoms with E-state index in [1.165, 1.54) is 6.07 Å². The fourth-order valence-electron chi connectivity index (χ4n) is 2.52. The van der Waals surface area contributed by atoms with Gasteiger partial charge in [0.05, 0.1) is 5.56 Å². The molecule has 5 nitrogen and oxygen atoms in total. The van der Waals surface area contributed by atoms with Crippen LogP contribution in [-0.4, -0.2) is 23.6 Å². The third-order valence-electron chi connectivity index (χ3n) is 3.61. The van der Waals surface area contributed by atoms with E-state index >= 15 is 0 Å². The number of benzene rings is 2. The molecular weight excluding hydrogens is 332 g/mol. The number of rotatable bonds is 4. The van der Waals surface area contributed by atoms with Gasteiger partial charge in [-0.2, -0.15) is 0 Å². The van der Waals surface area contributed by atoms with E-state index in [9.17, 15) is 14.4 Å². The second-order valence-corrected chi connectivity index (χ2v) is 5.75. The van der Waals surface area contributed by atoms with Crippen LogP contribution in [0.25, 0.3) is 0 Å². The van der Waals surface area contributed by atoms with Crippen molar-refractivity contribution in [1.82, 2.24) is 0 Å². The largest absolute Gasteiger partial charge is 0.488 e. The minimum Gasteiger partial charge on any atom is -0.488 e. The highest BCUT2D eigenvalue weighted by molar-refractivity contribution is 6.30. The number of carbonyl (C=O) groups excluding carboxylic acids is 3.